The molecular weight excluding hydrogens is 310 g/mol. The van der Waals surface area contributed by atoms with Gasteiger partial charge in [0.25, 0.3) is 0 Å². The molecule has 112 valence electrons. The zero-order valence-corrected chi connectivity index (χ0v) is 12.0. The minimum Gasteiger partial charge on any atom is -0.449 e. The molecule has 0 saturated heterocycles. The highest BCUT2D eigenvalue weighted by Crippen LogP contribution is 2.13. The summed E-state index contributed by atoms with van der Waals surface area (Å²) in [6.07, 6.45) is -1.12. The summed E-state index contributed by atoms with van der Waals surface area (Å²) in [6.45, 7) is 1.54. The molecule has 0 bridgehead atoms. The zero-order valence-electron chi connectivity index (χ0n) is 10.4. The molecule has 9 nitrogen and oxygen atoms in total. The van der Waals surface area contributed by atoms with Crippen LogP contribution in [0.15, 0.2) is 29.2 Å². The van der Waals surface area contributed by atoms with Crippen LogP contribution in [0.25, 0.3) is 0 Å². The average molecular weight is 323 g/mol. The van der Waals surface area contributed by atoms with E-state index in [0.29, 0.717) is 0 Å². The number of sulfonamides is 1. The third kappa shape index (κ3) is 5.03. The Bertz CT molecular complexity index is 681. The highest BCUT2D eigenvalue weighted by Gasteiger charge is 2.15. The van der Waals surface area contributed by atoms with Gasteiger partial charge in [0.1, 0.15) is 0 Å². The lowest BCUT2D eigenvalue weighted by Gasteiger charge is -2.09. The number of benzene rings is 1. The quantitative estimate of drug-likeness (QED) is 0.680. The number of anilines is 1. The molecule has 0 unspecified atom stereocenters. The lowest BCUT2D eigenvalue weighted by atomic mass is 10.3. The van der Waals surface area contributed by atoms with Gasteiger partial charge in [0.15, 0.2) is 0 Å². The van der Waals surface area contributed by atoms with Crippen molar-refractivity contribution < 1.29 is 26.4 Å². The number of rotatable bonds is 5. The monoisotopic (exact) mass is 323 g/mol. The summed E-state index contributed by atoms with van der Waals surface area (Å²) in [4.78, 5) is 10.8. The third-order valence-electron chi connectivity index (χ3n) is 1.93. The first-order chi connectivity index (χ1) is 9.14. The van der Waals surface area contributed by atoms with Crippen LogP contribution in [-0.2, 0) is 25.0 Å². The maximum absolute atomic E-state index is 11.5. The number of carbonyl (C=O) groups excluding carboxylic acids is 1. The molecule has 20 heavy (non-hydrogen) atoms. The van der Waals surface area contributed by atoms with Gasteiger partial charge in [0, 0.05) is 0 Å². The van der Waals surface area contributed by atoms with Crippen molar-refractivity contribution in [3.05, 3.63) is 24.3 Å². The molecule has 0 heterocycles. The second kappa shape index (κ2) is 6.07. The van der Waals surface area contributed by atoms with Gasteiger partial charge in [-0.25, -0.2) is 23.1 Å². The van der Waals surface area contributed by atoms with E-state index >= 15 is 0 Å². The molecule has 1 rings (SSSR count). The fourth-order valence-electron chi connectivity index (χ4n) is 1.16. The van der Waals surface area contributed by atoms with Crippen molar-refractivity contribution in [1.82, 2.24) is 4.72 Å². The summed E-state index contributed by atoms with van der Waals surface area (Å²) in [5.74, 6) is 0. The average Bonchev–Trinajstić information content (AvgIpc) is 2.27. The Morgan fingerprint density at radius 1 is 1.20 bits per heavy atom. The molecule has 0 saturated carbocycles. The molecule has 1 aromatic carbocycles. The summed E-state index contributed by atoms with van der Waals surface area (Å²) in [5, 5.41) is 4.89. The fourth-order valence-corrected chi connectivity index (χ4v) is 2.45. The van der Waals surface area contributed by atoms with E-state index in [0.717, 1.165) is 12.1 Å². The van der Waals surface area contributed by atoms with E-state index in [1.54, 1.807) is 4.72 Å². The van der Waals surface area contributed by atoms with E-state index < -0.39 is 26.3 Å². The maximum atomic E-state index is 11.5. The number of hydrogen-bond acceptors (Lipinski definition) is 6. The Morgan fingerprint density at radius 2 is 1.75 bits per heavy atom. The van der Waals surface area contributed by atoms with Crippen LogP contribution in [0.2, 0.25) is 0 Å². The lowest BCUT2D eigenvalue weighted by molar-refractivity contribution is 0.159. The van der Waals surface area contributed by atoms with E-state index in [2.05, 4.69) is 4.74 Å². The number of primary sulfonamides is 1. The Morgan fingerprint density at radius 3 is 2.20 bits per heavy atom. The summed E-state index contributed by atoms with van der Waals surface area (Å²) in [7, 11) is -8.02. The second-order valence-corrected chi connectivity index (χ2v) is 6.47. The van der Waals surface area contributed by atoms with Crippen molar-refractivity contribution in [1.29, 1.82) is 0 Å². The Kier molecular flexibility index (Phi) is 4.92. The van der Waals surface area contributed by atoms with Crippen LogP contribution < -0.4 is 14.6 Å². The summed E-state index contributed by atoms with van der Waals surface area (Å²) in [5.41, 5.74) is 0.0502. The Labute approximate surface area is 116 Å². The van der Waals surface area contributed by atoms with Crippen molar-refractivity contribution in [2.75, 3.05) is 11.3 Å². The smallest absolute Gasteiger partial charge is 0.422 e. The van der Waals surface area contributed by atoms with Gasteiger partial charge in [0.2, 0.25) is 10.0 Å². The number of nitrogens with two attached hydrogens (primary N) is 1. The molecule has 4 N–H and O–H groups in total. The normalized spacial score (nSPS) is 11.7. The highest BCUT2D eigenvalue weighted by molar-refractivity contribution is 7.91. The predicted molar refractivity (Wildman–Crippen MR) is 70.5 cm³/mol. The van der Waals surface area contributed by atoms with Crippen molar-refractivity contribution in [2.24, 2.45) is 5.14 Å². The van der Waals surface area contributed by atoms with Gasteiger partial charge in [-0.2, -0.15) is 8.42 Å². The van der Waals surface area contributed by atoms with Crippen molar-refractivity contribution in [3.8, 4) is 0 Å². The van der Waals surface area contributed by atoms with Gasteiger partial charge in [-0.05, 0) is 31.2 Å². The SMILES string of the molecule is CCOC(=O)NS(=O)(=O)Nc1ccc(S(N)(=O)=O)cc1. The van der Waals surface area contributed by atoms with E-state index in [1.807, 2.05) is 4.72 Å². The zero-order chi connectivity index (χ0) is 15.4. The lowest BCUT2D eigenvalue weighted by Crippen LogP contribution is -2.35. The minimum absolute atomic E-state index is 0.0183. The topological polar surface area (TPSA) is 145 Å². The van der Waals surface area contributed by atoms with Crippen LogP contribution in [0.1, 0.15) is 6.92 Å². The maximum Gasteiger partial charge on any atom is 0.422 e. The van der Waals surface area contributed by atoms with Crippen LogP contribution in [-0.4, -0.2) is 29.5 Å². The fraction of sp³-hybridized carbons (Fsp3) is 0.222. The second-order valence-electron chi connectivity index (χ2n) is 3.50. The molecule has 0 spiro atoms. The molecule has 0 atom stereocenters. The van der Waals surface area contributed by atoms with E-state index in [4.69, 9.17) is 5.14 Å². The van der Waals surface area contributed by atoms with Gasteiger partial charge >= 0.3 is 16.3 Å². The van der Waals surface area contributed by atoms with Gasteiger partial charge in [-0.15, -0.1) is 0 Å². The van der Waals surface area contributed by atoms with Crippen LogP contribution in [0, 0.1) is 0 Å². The van der Waals surface area contributed by atoms with Crippen LogP contribution in [0.3, 0.4) is 0 Å². The van der Waals surface area contributed by atoms with E-state index in [9.17, 15) is 21.6 Å². The van der Waals surface area contributed by atoms with Crippen molar-refractivity contribution in [2.45, 2.75) is 11.8 Å². The molecule has 0 radical (unpaired) electrons. The van der Waals surface area contributed by atoms with E-state index in [1.165, 1.54) is 19.1 Å². The largest absolute Gasteiger partial charge is 0.449 e. The molecule has 1 amide bonds. The predicted octanol–water partition coefficient (Wildman–Crippen LogP) is -0.263. The summed E-state index contributed by atoms with van der Waals surface area (Å²) in [6, 6.07) is 4.61. The van der Waals surface area contributed by atoms with Crippen LogP contribution >= 0.6 is 0 Å². The van der Waals surface area contributed by atoms with Crippen molar-refractivity contribution in [3.63, 3.8) is 0 Å². The summed E-state index contributed by atoms with van der Waals surface area (Å²) < 4.78 is 53.1. The summed E-state index contributed by atoms with van der Waals surface area (Å²) >= 11 is 0. The number of amides is 1. The molecule has 0 aromatic heterocycles. The van der Waals surface area contributed by atoms with Gasteiger partial charge in [-0.1, -0.05) is 0 Å². The first kappa shape index (κ1) is 16.2. The minimum atomic E-state index is -4.16. The third-order valence-corrected chi connectivity index (χ3v) is 3.80. The molecule has 1 aromatic rings. The van der Waals surface area contributed by atoms with Gasteiger partial charge in [-0.3, -0.25) is 4.72 Å². The first-order valence-electron chi connectivity index (χ1n) is 5.24. The number of ether oxygens (including phenoxy) is 1. The van der Waals surface area contributed by atoms with Gasteiger partial charge < -0.3 is 4.74 Å². The molecule has 0 fully saturated rings. The molecule has 11 heteroatoms. The molecule has 0 aliphatic carbocycles. The number of carbonyl (C=O) groups is 1. The first-order valence-corrected chi connectivity index (χ1v) is 8.27. The van der Waals surface area contributed by atoms with Crippen LogP contribution in [0.5, 0.6) is 0 Å². The van der Waals surface area contributed by atoms with Gasteiger partial charge in [0.05, 0.1) is 17.2 Å². The van der Waals surface area contributed by atoms with Crippen LogP contribution in [0.4, 0.5) is 10.5 Å². The van der Waals surface area contributed by atoms with E-state index in [-0.39, 0.29) is 17.2 Å². The standard InChI is InChI=1S/C9H13N3O6S2/c1-2-18-9(13)12-20(16,17)11-7-3-5-8(6-4-7)19(10,14)15/h3-6,11H,2H2,1H3,(H,12,13)(H2,10,14,15). The Balaban J connectivity index is 2.81. The molecular formula is C9H13N3O6S2. The molecule has 0 aliphatic heterocycles. The Hall–Kier alpha value is -1.85. The number of hydrogen-bond donors (Lipinski definition) is 3. The number of nitrogens with one attached hydrogen (secondary N) is 2. The molecule has 0 aliphatic rings. The van der Waals surface area contributed by atoms with Crippen molar-refractivity contribution >= 4 is 32.0 Å². The highest BCUT2D eigenvalue weighted by atomic mass is 32.2.